The summed E-state index contributed by atoms with van der Waals surface area (Å²) in [5, 5.41) is 0. The molecule has 1 unspecified atom stereocenters. The second-order valence-electron chi connectivity index (χ2n) is 5.09. The molecular weight excluding hydrogens is 312 g/mol. The molecule has 0 heterocycles. The lowest BCUT2D eigenvalue weighted by Gasteiger charge is -2.19. The molecule has 0 aromatic heterocycles. The topological polar surface area (TPSA) is 38.0 Å². The first-order valence-electron chi connectivity index (χ1n) is 6.96. The van der Waals surface area contributed by atoms with E-state index in [9.17, 15) is 0 Å². The number of nitrogens with one attached hydrogen (secondary N) is 1. The number of benzene rings is 2. The second-order valence-corrected chi connectivity index (χ2v) is 6.01. The molecule has 0 radical (unpaired) electrons. The van der Waals surface area contributed by atoms with Crippen LogP contribution in [0.3, 0.4) is 0 Å². The number of rotatable bonds is 5. The van der Waals surface area contributed by atoms with Crippen LogP contribution < -0.4 is 11.3 Å². The molecule has 2 aromatic carbocycles. The van der Waals surface area contributed by atoms with Gasteiger partial charge < -0.3 is 0 Å². The van der Waals surface area contributed by atoms with Crippen molar-refractivity contribution in [1.29, 1.82) is 0 Å². The highest BCUT2D eigenvalue weighted by atomic mass is 79.9. The van der Waals surface area contributed by atoms with E-state index in [0.717, 1.165) is 10.9 Å². The fourth-order valence-corrected chi connectivity index (χ4v) is 2.97. The molecule has 0 saturated carbocycles. The van der Waals surface area contributed by atoms with E-state index in [1.54, 1.807) is 0 Å². The highest BCUT2D eigenvalue weighted by molar-refractivity contribution is 9.10. The third kappa shape index (κ3) is 3.48. The average Bonchev–Trinajstić information content (AvgIpc) is 2.44. The molecule has 2 rings (SSSR count). The monoisotopic (exact) mass is 332 g/mol. The highest BCUT2D eigenvalue weighted by Gasteiger charge is 2.14. The smallest absolute Gasteiger partial charge is 0.0712 e. The molecule has 0 fully saturated rings. The molecule has 0 aliphatic heterocycles. The van der Waals surface area contributed by atoms with Gasteiger partial charge in [0.1, 0.15) is 0 Å². The van der Waals surface area contributed by atoms with E-state index < -0.39 is 0 Å². The normalized spacial score (nSPS) is 12.4. The Bertz CT molecular complexity index is 564. The third-order valence-corrected chi connectivity index (χ3v) is 4.05. The predicted octanol–water partition coefficient (Wildman–Crippen LogP) is 4.26. The van der Waals surface area contributed by atoms with Gasteiger partial charge in [0, 0.05) is 4.47 Å². The Hall–Kier alpha value is -1.16. The average molecular weight is 333 g/mol. The van der Waals surface area contributed by atoms with Gasteiger partial charge in [-0.3, -0.25) is 5.84 Å². The first-order valence-corrected chi connectivity index (χ1v) is 7.76. The summed E-state index contributed by atoms with van der Waals surface area (Å²) in [6.07, 6.45) is 2.29. The van der Waals surface area contributed by atoms with Gasteiger partial charge in [0.2, 0.25) is 0 Å². The molecule has 20 heavy (non-hydrogen) atoms. The van der Waals surface area contributed by atoms with Gasteiger partial charge in [0.05, 0.1) is 6.04 Å². The summed E-state index contributed by atoms with van der Waals surface area (Å²) in [6, 6.07) is 15.0. The lowest BCUT2D eigenvalue weighted by atomic mass is 9.94. The number of hydrazine groups is 1. The van der Waals surface area contributed by atoms with Crippen molar-refractivity contribution < 1.29 is 0 Å². The van der Waals surface area contributed by atoms with Crippen LogP contribution in [0.4, 0.5) is 0 Å². The molecular formula is C17H21BrN2. The van der Waals surface area contributed by atoms with E-state index in [2.05, 4.69) is 77.7 Å². The van der Waals surface area contributed by atoms with Crippen molar-refractivity contribution in [3.8, 4) is 0 Å². The van der Waals surface area contributed by atoms with Crippen LogP contribution in [0.5, 0.6) is 0 Å². The Balaban J connectivity index is 2.31. The molecule has 1 atom stereocenters. The highest BCUT2D eigenvalue weighted by Crippen LogP contribution is 2.26. The van der Waals surface area contributed by atoms with Crippen molar-refractivity contribution in [2.45, 2.75) is 32.7 Å². The van der Waals surface area contributed by atoms with Crippen LogP contribution in [0.2, 0.25) is 0 Å². The minimum absolute atomic E-state index is 0.0266. The summed E-state index contributed by atoms with van der Waals surface area (Å²) in [5.41, 5.74) is 7.93. The molecule has 0 amide bonds. The van der Waals surface area contributed by atoms with Gasteiger partial charge in [-0.25, -0.2) is 5.43 Å². The van der Waals surface area contributed by atoms with Gasteiger partial charge in [-0.05, 0) is 47.7 Å². The third-order valence-electron chi connectivity index (χ3n) is 3.56. The lowest BCUT2D eigenvalue weighted by Crippen LogP contribution is -2.29. The molecule has 2 nitrogen and oxygen atoms in total. The van der Waals surface area contributed by atoms with E-state index in [0.29, 0.717) is 0 Å². The molecule has 0 saturated heterocycles. The molecule has 0 spiro atoms. The van der Waals surface area contributed by atoms with Crippen LogP contribution in [0.25, 0.3) is 0 Å². The summed E-state index contributed by atoms with van der Waals surface area (Å²) in [4.78, 5) is 0. The minimum atomic E-state index is 0.0266. The van der Waals surface area contributed by atoms with Crippen LogP contribution >= 0.6 is 15.9 Å². The van der Waals surface area contributed by atoms with E-state index in [-0.39, 0.29) is 6.04 Å². The number of aryl methyl sites for hydroxylation is 2. The molecule has 0 aliphatic carbocycles. The molecule has 0 bridgehead atoms. The van der Waals surface area contributed by atoms with Gasteiger partial charge in [0.25, 0.3) is 0 Å². The number of halogens is 1. The molecule has 2 aromatic rings. The Morgan fingerprint density at radius 2 is 1.85 bits per heavy atom. The fourth-order valence-electron chi connectivity index (χ4n) is 2.49. The summed E-state index contributed by atoms with van der Waals surface area (Å²) >= 11 is 3.50. The zero-order valence-electron chi connectivity index (χ0n) is 12.0. The van der Waals surface area contributed by atoms with Crippen molar-refractivity contribution in [3.05, 3.63) is 69.2 Å². The summed E-state index contributed by atoms with van der Waals surface area (Å²) in [6.45, 7) is 4.30. The second kappa shape index (κ2) is 7.02. The standard InChI is InChI=1S/C17H21BrN2/c1-3-4-13-5-7-14(8-6-13)17(20-19)16-10-9-15(18)11-12(16)2/h5-11,17,20H,3-4,19H2,1-2H3. The minimum Gasteiger partial charge on any atom is -0.271 e. The number of hydrogen-bond acceptors (Lipinski definition) is 2. The van der Waals surface area contributed by atoms with Crippen LogP contribution in [0, 0.1) is 6.92 Å². The summed E-state index contributed by atoms with van der Waals surface area (Å²) < 4.78 is 1.09. The largest absolute Gasteiger partial charge is 0.271 e. The van der Waals surface area contributed by atoms with Gasteiger partial charge in [-0.15, -0.1) is 0 Å². The summed E-state index contributed by atoms with van der Waals surface area (Å²) in [7, 11) is 0. The van der Waals surface area contributed by atoms with Crippen LogP contribution in [-0.2, 0) is 6.42 Å². The van der Waals surface area contributed by atoms with Gasteiger partial charge >= 0.3 is 0 Å². The zero-order chi connectivity index (χ0) is 14.5. The Morgan fingerprint density at radius 1 is 1.15 bits per heavy atom. The van der Waals surface area contributed by atoms with Crippen molar-refractivity contribution in [3.63, 3.8) is 0 Å². The molecule has 3 heteroatoms. The van der Waals surface area contributed by atoms with E-state index in [1.807, 2.05) is 0 Å². The Labute approximate surface area is 129 Å². The van der Waals surface area contributed by atoms with E-state index in [1.165, 1.54) is 28.7 Å². The van der Waals surface area contributed by atoms with Crippen LogP contribution in [0.1, 0.15) is 41.6 Å². The first kappa shape index (κ1) is 15.2. The first-order chi connectivity index (χ1) is 9.65. The number of hydrogen-bond donors (Lipinski definition) is 2. The maximum atomic E-state index is 5.78. The summed E-state index contributed by atoms with van der Waals surface area (Å²) in [5.74, 6) is 5.78. The zero-order valence-corrected chi connectivity index (χ0v) is 13.6. The Morgan fingerprint density at radius 3 is 2.40 bits per heavy atom. The molecule has 3 N–H and O–H groups in total. The van der Waals surface area contributed by atoms with E-state index >= 15 is 0 Å². The van der Waals surface area contributed by atoms with Gasteiger partial charge in [-0.1, -0.05) is 59.6 Å². The molecule has 106 valence electrons. The van der Waals surface area contributed by atoms with Crippen molar-refractivity contribution in [1.82, 2.24) is 5.43 Å². The van der Waals surface area contributed by atoms with Gasteiger partial charge in [0.15, 0.2) is 0 Å². The fraction of sp³-hybridized carbons (Fsp3) is 0.294. The predicted molar refractivity (Wildman–Crippen MR) is 88.5 cm³/mol. The quantitative estimate of drug-likeness (QED) is 0.634. The van der Waals surface area contributed by atoms with E-state index in [4.69, 9.17) is 5.84 Å². The Kier molecular flexibility index (Phi) is 5.35. The SMILES string of the molecule is CCCc1ccc(C(NN)c2ccc(Br)cc2C)cc1. The van der Waals surface area contributed by atoms with Gasteiger partial charge in [-0.2, -0.15) is 0 Å². The van der Waals surface area contributed by atoms with Crippen molar-refractivity contribution >= 4 is 15.9 Å². The maximum Gasteiger partial charge on any atom is 0.0712 e. The van der Waals surface area contributed by atoms with Crippen molar-refractivity contribution in [2.75, 3.05) is 0 Å². The number of nitrogens with two attached hydrogens (primary N) is 1. The lowest BCUT2D eigenvalue weighted by molar-refractivity contribution is 0.633. The van der Waals surface area contributed by atoms with Crippen LogP contribution in [-0.4, -0.2) is 0 Å². The van der Waals surface area contributed by atoms with Crippen molar-refractivity contribution in [2.24, 2.45) is 5.84 Å². The molecule has 0 aliphatic rings. The van der Waals surface area contributed by atoms with Crippen LogP contribution in [0.15, 0.2) is 46.9 Å². The maximum absolute atomic E-state index is 5.78.